The Morgan fingerprint density at radius 3 is 2.21 bits per heavy atom. The summed E-state index contributed by atoms with van der Waals surface area (Å²) in [6.45, 7) is 4.96. The molecule has 0 fully saturated rings. The van der Waals surface area contributed by atoms with Gasteiger partial charge in [-0.3, -0.25) is 0 Å². The maximum Gasteiger partial charge on any atom is 0.214 e. The van der Waals surface area contributed by atoms with Crippen LogP contribution in [0.15, 0.2) is 0 Å². The number of rotatable bonds is 8. The van der Waals surface area contributed by atoms with Crippen LogP contribution in [-0.4, -0.2) is 37.4 Å². The fourth-order valence-corrected chi connectivity index (χ4v) is 3.06. The van der Waals surface area contributed by atoms with Crippen molar-refractivity contribution in [1.82, 2.24) is 4.31 Å². The highest BCUT2D eigenvalue weighted by molar-refractivity contribution is 7.89. The van der Waals surface area contributed by atoms with E-state index < -0.39 is 10.0 Å². The molecule has 0 aliphatic carbocycles. The molecule has 0 amide bonds. The summed E-state index contributed by atoms with van der Waals surface area (Å²) in [4.78, 5) is 0. The van der Waals surface area contributed by atoms with Crippen LogP contribution in [0.3, 0.4) is 0 Å². The van der Waals surface area contributed by atoms with E-state index >= 15 is 0 Å². The molecule has 0 aromatic heterocycles. The Labute approximate surface area is 92.5 Å². The normalized spacial score (nSPS) is 12.3. The van der Waals surface area contributed by atoms with Gasteiger partial charge in [0.2, 0.25) is 10.0 Å². The third kappa shape index (κ3) is 5.17. The Morgan fingerprint density at radius 1 is 1.14 bits per heavy atom. The summed E-state index contributed by atoms with van der Waals surface area (Å²) in [5, 5.41) is 0. The molecule has 0 rings (SSSR count). The average molecular weight is 242 g/mol. The molecule has 0 aromatic rings. The number of halogens is 1. The van der Waals surface area contributed by atoms with Crippen molar-refractivity contribution in [3.05, 3.63) is 0 Å². The molecule has 0 spiro atoms. The molecule has 86 valence electrons. The van der Waals surface area contributed by atoms with Gasteiger partial charge in [0, 0.05) is 19.0 Å². The van der Waals surface area contributed by atoms with Gasteiger partial charge in [-0.1, -0.05) is 20.3 Å². The van der Waals surface area contributed by atoms with E-state index in [1.54, 1.807) is 0 Å². The highest BCUT2D eigenvalue weighted by Crippen LogP contribution is 2.06. The standard InChI is InChI=1S/C9H20ClNO2S/c1-3-5-7-11(8-6-10)14(12,13)9-4-2/h3-9H2,1-2H3. The maximum absolute atomic E-state index is 11.7. The van der Waals surface area contributed by atoms with Gasteiger partial charge in [-0.05, 0) is 12.8 Å². The zero-order valence-electron chi connectivity index (χ0n) is 9.00. The average Bonchev–Trinajstić information content (AvgIpc) is 2.11. The van der Waals surface area contributed by atoms with E-state index in [9.17, 15) is 8.42 Å². The summed E-state index contributed by atoms with van der Waals surface area (Å²) >= 11 is 5.58. The van der Waals surface area contributed by atoms with Gasteiger partial charge in [0.15, 0.2) is 0 Å². The van der Waals surface area contributed by atoms with Gasteiger partial charge in [0.05, 0.1) is 5.75 Å². The lowest BCUT2D eigenvalue weighted by Crippen LogP contribution is -2.35. The Balaban J connectivity index is 4.30. The van der Waals surface area contributed by atoms with Crippen LogP contribution in [0.1, 0.15) is 33.1 Å². The van der Waals surface area contributed by atoms with E-state index in [0.29, 0.717) is 25.4 Å². The second kappa shape index (κ2) is 7.49. The summed E-state index contributed by atoms with van der Waals surface area (Å²) in [5.74, 6) is 0.597. The van der Waals surface area contributed by atoms with Crippen LogP contribution in [0.2, 0.25) is 0 Å². The smallest absolute Gasteiger partial charge is 0.212 e. The van der Waals surface area contributed by atoms with Crippen LogP contribution >= 0.6 is 11.6 Å². The third-order valence-electron chi connectivity index (χ3n) is 1.95. The Kier molecular flexibility index (Phi) is 7.59. The minimum absolute atomic E-state index is 0.230. The van der Waals surface area contributed by atoms with Gasteiger partial charge in [-0.25, -0.2) is 12.7 Å². The van der Waals surface area contributed by atoms with E-state index in [2.05, 4.69) is 0 Å². The van der Waals surface area contributed by atoms with Gasteiger partial charge in [0.25, 0.3) is 0 Å². The topological polar surface area (TPSA) is 37.4 Å². The first-order chi connectivity index (χ1) is 6.58. The van der Waals surface area contributed by atoms with Crippen molar-refractivity contribution in [2.45, 2.75) is 33.1 Å². The second-order valence-electron chi connectivity index (χ2n) is 3.26. The fourth-order valence-electron chi connectivity index (χ4n) is 1.21. The summed E-state index contributed by atoms with van der Waals surface area (Å²) in [7, 11) is -3.06. The molecule has 0 aliphatic rings. The molecule has 5 heteroatoms. The van der Waals surface area contributed by atoms with E-state index in [0.717, 1.165) is 12.8 Å². The molecule has 14 heavy (non-hydrogen) atoms. The number of unbranched alkanes of at least 4 members (excludes halogenated alkanes) is 1. The Hall–Kier alpha value is 0.200. The van der Waals surface area contributed by atoms with E-state index in [4.69, 9.17) is 11.6 Å². The van der Waals surface area contributed by atoms with Crippen LogP contribution in [0.4, 0.5) is 0 Å². The number of hydrogen-bond acceptors (Lipinski definition) is 2. The first kappa shape index (κ1) is 14.2. The molecule has 0 radical (unpaired) electrons. The van der Waals surface area contributed by atoms with E-state index in [1.165, 1.54) is 4.31 Å². The van der Waals surface area contributed by atoms with Crippen molar-refractivity contribution in [2.75, 3.05) is 24.7 Å². The molecule has 0 unspecified atom stereocenters. The molecule has 0 aliphatic heterocycles. The summed E-state index contributed by atoms with van der Waals surface area (Å²) in [6, 6.07) is 0. The van der Waals surface area contributed by atoms with Crippen molar-refractivity contribution in [2.24, 2.45) is 0 Å². The summed E-state index contributed by atoms with van der Waals surface area (Å²) in [6.07, 6.45) is 2.56. The predicted octanol–water partition coefficient (Wildman–Crippen LogP) is 2.07. The summed E-state index contributed by atoms with van der Waals surface area (Å²) in [5.41, 5.74) is 0. The van der Waals surface area contributed by atoms with Gasteiger partial charge < -0.3 is 0 Å². The third-order valence-corrected chi connectivity index (χ3v) is 4.20. The van der Waals surface area contributed by atoms with Crippen LogP contribution < -0.4 is 0 Å². The van der Waals surface area contributed by atoms with Gasteiger partial charge in [0.1, 0.15) is 0 Å². The summed E-state index contributed by atoms with van der Waals surface area (Å²) < 4.78 is 24.9. The number of nitrogens with zero attached hydrogens (tertiary/aromatic N) is 1. The van der Waals surface area contributed by atoms with E-state index in [1.807, 2.05) is 13.8 Å². The SMILES string of the molecule is CCCCN(CCCl)S(=O)(=O)CCC. The highest BCUT2D eigenvalue weighted by Gasteiger charge is 2.19. The highest BCUT2D eigenvalue weighted by atomic mass is 35.5. The van der Waals surface area contributed by atoms with Crippen LogP contribution in [0.5, 0.6) is 0 Å². The molecule has 0 aromatic carbocycles. The van der Waals surface area contributed by atoms with Crippen molar-refractivity contribution < 1.29 is 8.42 Å². The first-order valence-electron chi connectivity index (χ1n) is 5.12. The molecular weight excluding hydrogens is 222 g/mol. The lowest BCUT2D eigenvalue weighted by molar-refractivity contribution is 0.420. The minimum atomic E-state index is -3.06. The minimum Gasteiger partial charge on any atom is -0.212 e. The van der Waals surface area contributed by atoms with Crippen LogP contribution in [0.25, 0.3) is 0 Å². The fraction of sp³-hybridized carbons (Fsp3) is 1.00. The van der Waals surface area contributed by atoms with Crippen molar-refractivity contribution in [3.63, 3.8) is 0 Å². The van der Waals surface area contributed by atoms with Gasteiger partial charge in [-0.15, -0.1) is 11.6 Å². The monoisotopic (exact) mass is 241 g/mol. The molecule has 3 nitrogen and oxygen atoms in total. The Morgan fingerprint density at radius 2 is 1.79 bits per heavy atom. The molecule has 0 bridgehead atoms. The van der Waals surface area contributed by atoms with Crippen molar-refractivity contribution in [3.8, 4) is 0 Å². The van der Waals surface area contributed by atoms with Crippen molar-refractivity contribution in [1.29, 1.82) is 0 Å². The predicted molar refractivity (Wildman–Crippen MR) is 61.3 cm³/mol. The largest absolute Gasteiger partial charge is 0.214 e. The quantitative estimate of drug-likeness (QED) is 0.610. The maximum atomic E-state index is 11.7. The lowest BCUT2D eigenvalue weighted by atomic mass is 10.3. The number of sulfonamides is 1. The van der Waals surface area contributed by atoms with Gasteiger partial charge >= 0.3 is 0 Å². The molecule has 0 heterocycles. The number of alkyl halides is 1. The van der Waals surface area contributed by atoms with E-state index in [-0.39, 0.29) is 5.75 Å². The van der Waals surface area contributed by atoms with Crippen LogP contribution in [-0.2, 0) is 10.0 Å². The molecule has 0 N–H and O–H groups in total. The molecule has 0 saturated carbocycles. The zero-order valence-corrected chi connectivity index (χ0v) is 10.6. The molecule has 0 saturated heterocycles. The van der Waals surface area contributed by atoms with Crippen LogP contribution in [0, 0.1) is 0 Å². The lowest BCUT2D eigenvalue weighted by Gasteiger charge is -2.20. The first-order valence-corrected chi connectivity index (χ1v) is 7.26. The second-order valence-corrected chi connectivity index (χ2v) is 5.72. The zero-order chi connectivity index (χ0) is 11.0. The molecular formula is C9H20ClNO2S. The van der Waals surface area contributed by atoms with Gasteiger partial charge in [-0.2, -0.15) is 0 Å². The molecule has 0 atom stereocenters. The van der Waals surface area contributed by atoms with Crippen molar-refractivity contribution >= 4 is 21.6 Å². The number of hydrogen-bond donors (Lipinski definition) is 0. The Bertz CT molecular complexity index is 229.